The van der Waals surface area contributed by atoms with Crippen LogP contribution in [0.2, 0.25) is 0 Å². The largest absolute Gasteiger partial charge is 0.395 e. The summed E-state index contributed by atoms with van der Waals surface area (Å²) in [4.78, 5) is 15.2. The van der Waals surface area contributed by atoms with E-state index in [9.17, 15) is 4.79 Å². The lowest BCUT2D eigenvalue weighted by Crippen LogP contribution is -2.27. The number of rotatable bonds is 5. The quantitative estimate of drug-likeness (QED) is 0.703. The predicted molar refractivity (Wildman–Crippen MR) is 55.5 cm³/mol. The number of thioether (sulfide) groups is 1. The molecule has 0 saturated carbocycles. The van der Waals surface area contributed by atoms with Crippen molar-refractivity contribution in [2.24, 2.45) is 0 Å². The molecule has 0 fully saturated rings. The van der Waals surface area contributed by atoms with Crippen molar-refractivity contribution in [2.45, 2.75) is 11.3 Å². The van der Waals surface area contributed by atoms with E-state index in [4.69, 9.17) is 5.11 Å². The van der Waals surface area contributed by atoms with Crippen LogP contribution in [0.3, 0.4) is 0 Å². The zero-order valence-corrected chi connectivity index (χ0v) is 9.32. The molecule has 0 aromatic carbocycles. The molecule has 1 rings (SSSR count). The van der Waals surface area contributed by atoms with Gasteiger partial charge in [0.2, 0.25) is 5.91 Å². The molecule has 1 amide bonds. The average Bonchev–Trinajstić information content (AvgIpc) is 2.58. The second-order valence-corrected chi connectivity index (χ2v) is 4.44. The monoisotopic (exact) mass is 233 g/mol. The van der Waals surface area contributed by atoms with Crippen molar-refractivity contribution in [3.05, 3.63) is 5.82 Å². The maximum absolute atomic E-state index is 11.1. The van der Waals surface area contributed by atoms with Gasteiger partial charge in [0.05, 0.1) is 12.4 Å². The Balaban J connectivity index is 2.23. The number of carbonyl (C=O) groups excluding carboxylic acids is 1. The van der Waals surface area contributed by atoms with E-state index < -0.39 is 0 Å². The van der Waals surface area contributed by atoms with E-state index in [1.807, 2.05) is 6.92 Å². The average molecular weight is 233 g/mol. The highest BCUT2D eigenvalue weighted by Gasteiger charge is 2.05. The Labute approximate surface area is 90.1 Å². The highest BCUT2D eigenvalue weighted by atomic mass is 32.2. The molecule has 0 radical (unpaired) electrons. The molecule has 0 aliphatic rings. The molecule has 0 bridgehead atoms. The molecule has 78 valence electrons. The SMILES string of the molecule is Cc1nsc(SCC(=O)NCCO)n1. The first-order valence-electron chi connectivity index (χ1n) is 4.03. The number of aromatic nitrogens is 2. The summed E-state index contributed by atoms with van der Waals surface area (Å²) in [6.07, 6.45) is 0. The van der Waals surface area contributed by atoms with Crippen LogP contribution in [0.15, 0.2) is 4.34 Å². The molecule has 0 aliphatic heterocycles. The van der Waals surface area contributed by atoms with Gasteiger partial charge in [-0.2, -0.15) is 4.37 Å². The summed E-state index contributed by atoms with van der Waals surface area (Å²) in [5.41, 5.74) is 0. The van der Waals surface area contributed by atoms with Gasteiger partial charge in [-0.15, -0.1) is 0 Å². The van der Waals surface area contributed by atoms with E-state index in [-0.39, 0.29) is 12.5 Å². The Hall–Kier alpha value is -0.660. The van der Waals surface area contributed by atoms with Gasteiger partial charge in [0.1, 0.15) is 5.82 Å². The van der Waals surface area contributed by atoms with Crippen molar-refractivity contribution in [2.75, 3.05) is 18.9 Å². The van der Waals surface area contributed by atoms with E-state index >= 15 is 0 Å². The highest BCUT2D eigenvalue weighted by molar-refractivity contribution is 8.01. The zero-order chi connectivity index (χ0) is 10.4. The number of nitrogens with zero attached hydrogens (tertiary/aromatic N) is 2. The summed E-state index contributed by atoms with van der Waals surface area (Å²) in [5, 5.41) is 11.0. The fourth-order valence-corrected chi connectivity index (χ4v) is 2.19. The maximum atomic E-state index is 11.1. The van der Waals surface area contributed by atoms with Crippen LogP contribution in [0.25, 0.3) is 0 Å². The summed E-state index contributed by atoms with van der Waals surface area (Å²) >= 11 is 2.64. The van der Waals surface area contributed by atoms with Crippen LogP contribution >= 0.6 is 23.3 Å². The van der Waals surface area contributed by atoms with Crippen molar-refractivity contribution in [3.8, 4) is 0 Å². The number of hydrogen-bond donors (Lipinski definition) is 2. The van der Waals surface area contributed by atoms with Crippen LogP contribution in [0.4, 0.5) is 0 Å². The minimum absolute atomic E-state index is 0.0334. The van der Waals surface area contributed by atoms with Gasteiger partial charge in [0, 0.05) is 6.54 Å². The molecule has 0 unspecified atom stereocenters. The molecule has 0 saturated heterocycles. The summed E-state index contributed by atoms with van der Waals surface area (Å²) in [7, 11) is 0. The fourth-order valence-electron chi connectivity index (χ4n) is 0.710. The van der Waals surface area contributed by atoms with Gasteiger partial charge in [-0.3, -0.25) is 4.79 Å². The molecular weight excluding hydrogens is 222 g/mol. The predicted octanol–water partition coefficient (Wildman–Crippen LogP) is 0.0471. The first-order chi connectivity index (χ1) is 6.72. The van der Waals surface area contributed by atoms with Crippen LogP contribution in [0.1, 0.15) is 5.82 Å². The van der Waals surface area contributed by atoms with Crippen LogP contribution in [0.5, 0.6) is 0 Å². The van der Waals surface area contributed by atoms with Gasteiger partial charge in [-0.25, -0.2) is 4.98 Å². The number of aliphatic hydroxyl groups is 1. The molecule has 0 spiro atoms. The van der Waals surface area contributed by atoms with Gasteiger partial charge in [0.15, 0.2) is 4.34 Å². The van der Waals surface area contributed by atoms with Gasteiger partial charge < -0.3 is 10.4 Å². The van der Waals surface area contributed by atoms with Crippen LogP contribution < -0.4 is 5.32 Å². The number of amides is 1. The molecule has 1 heterocycles. The minimum atomic E-state index is -0.100. The number of hydrogen-bond acceptors (Lipinski definition) is 6. The Kier molecular flexibility index (Phi) is 4.85. The zero-order valence-electron chi connectivity index (χ0n) is 7.69. The third kappa shape index (κ3) is 4.03. The van der Waals surface area contributed by atoms with Gasteiger partial charge >= 0.3 is 0 Å². The summed E-state index contributed by atoms with van der Waals surface area (Å²) in [6, 6.07) is 0. The van der Waals surface area contributed by atoms with Crippen molar-refractivity contribution in [1.82, 2.24) is 14.7 Å². The third-order valence-electron chi connectivity index (χ3n) is 1.27. The third-order valence-corrected chi connectivity index (χ3v) is 3.19. The highest BCUT2D eigenvalue weighted by Crippen LogP contribution is 2.18. The molecule has 7 heteroatoms. The van der Waals surface area contributed by atoms with E-state index in [1.54, 1.807) is 0 Å². The molecule has 14 heavy (non-hydrogen) atoms. The van der Waals surface area contributed by atoms with E-state index in [1.165, 1.54) is 23.3 Å². The molecule has 1 aromatic rings. The van der Waals surface area contributed by atoms with E-state index in [0.717, 1.165) is 10.2 Å². The van der Waals surface area contributed by atoms with E-state index in [0.29, 0.717) is 12.3 Å². The number of aliphatic hydroxyl groups excluding tert-OH is 1. The number of nitrogens with one attached hydrogen (secondary N) is 1. The Morgan fingerprint density at radius 3 is 3.07 bits per heavy atom. The van der Waals surface area contributed by atoms with Crippen molar-refractivity contribution in [1.29, 1.82) is 0 Å². The van der Waals surface area contributed by atoms with Crippen molar-refractivity contribution in [3.63, 3.8) is 0 Å². The number of aryl methyl sites for hydroxylation is 1. The van der Waals surface area contributed by atoms with Crippen molar-refractivity contribution >= 4 is 29.2 Å². The van der Waals surface area contributed by atoms with Gasteiger partial charge in [-0.1, -0.05) is 11.8 Å². The van der Waals surface area contributed by atoms with Gasteiger partial charge in [-0.05, 0) is 18.5 Å². The second kappa shape index (κ2) is 5.94. The second-order valence-electron chi connectivity index (χ2n) is 2.47. The minimum Gasteiger partial charge on any atom is -0.395 e. The first kappa shape index (κ1) is 11.4. The molecule has 1 aromatic heterocycles. The first-order valence-corrected chi connectivity index (χ1v) is 5.79. The maximum Gasteiger partial charge on any atom is 0.230 e. The summed E-state index contributed by atoms with van der Waals surface area (Å²) in [5.74, 6) is 0.944. The standard InChI is InChI=1S/C7H11N3O2S2/c1-5-9-7(14-10-5)13-4-6(12)8-2-3-11/h11H,2-4H2,1H3,(H,8,12). The van der Waals surface area contributed by atoms with E-state index in [2.05, 4.69) is 14.7 Å². The molecule has 0 aliphatic carbocycles. The lowest BCUT2D eigenvalue weighted by Gasteiger charge is -2.00. The molecule has 5 nitrogen and oxygen atoms in total. The molecular formula is C7H11N3O2S2. The smallest absolute Gasteiger partial charge is 0.230 e. The fraction of sp³-hybridized carbons (Fsp3) is 0.571. The van der Waals surface area contributed by atoms with Crippen LogP contribution in [-0.2, 0) is 4.79 Å². The Bertz CT molecular complexity index is 303. The Morgan fingerprint density at radius 2 is 2.50 bits per heavy atom. The van der Waals surface area contributed by atoms with Crippen molar-refractivity contribution < 1.29 is 9.90 Å². The lowest BCUT2D eigenvalue weighted by molar-refractivity contribution is -0.118. The number of carbonyl (C=O) groups is 1. The van der Waals surface area contributed by atoms with Crippen LogP contribution in [0, 0.1) is 6.92 Å². The normalized spacial score (nSPS) is 10.1. The Morgan fingerprint density at radius 1 is 1.71 bits per heavy atom. The summed E-state index contributed by atoms with van der Waals surface area (Å²) < 4.78 is 4.79. The van der Waals surface area contributed by atoms with Gasteiger partial charge in [0.25, 0.3) is 0 Å². The van der Waals surface area contributed by atoms with Crippen LogP contribution in [-0.4, -0.2) is 39.3 Å². The molecule has 2 N–H and O–H groups in total. The lowest BCUT2D eigenvalue weighted by atomic mass is 10.6. The topological polar surface area (TPSA) is 75.1 Å². The molecule has 0 atom stereocenters. The summed E-state index contributed by atoms with van der Waals surface area (Å²) in [6.45, 7) is 2.08.